The molecule has 1 saturated heterocycles. The SMILES string of the molecule is CNC(=O)c1cc(Cl)ncc1NC(=O)C1(c2ccccc2C(C)C)CN(c2ccc(C(=O)OC)cc2OC(F)F)C1. The van der Waals surface area contributed by atoms with Gasteiger partial charge in [-0.25, -0.2) is 9.78 Å². The first kappa shape index (κ1) is 29.7. The number of rotatable bonds is 9. The lowest BCUT2D eigenvalue weighted by Gasteiger charge is -2.51. The van der Waals surface area contributed by atoms with Crippen molar-refractivity contribution in [2.45, 2.75) is 31.8 Å². The number of benzene rings is 2. The largest absolute Gasteiger partial charge is 0.465 e. The molecule has 1 fully saturated rings. The van der Waals surface area contributed by atoms with Crippen molar-refractivity contribution in [3.8, 4) is 5.75 Å². The summed E-state index contributed by atoms with van der Waals surface area (Å²) < 4.78 is 36.1. The number of amides is 2. The van der Waals surface area contributed by atoms with Crippen molar-refractivity contribution in [2.75, 3.05) is 37.5 Å². The maximum atomic E-state index is 14.1. The molecule has 0 atom stereocenters. The van der Waals surface area contributed by atoms with Gasteiger partial charge in [0, 0.05) is 20.1 Å². The van der Waals surface area contributed by atoms with Gasteiger partial charge in [0.15, 0.2) is 0 Å². The van der Waals surface area contributed by atoms with Crippen LogP contribution in [0.1, 0.15) is 51.6 Å². The number of aromatic nitrogens is 1. The zero-order chi connectivity index (χ0) is 29.9. The highest BCUT2D eigenvalue weighted by atomic mass is 35.5. The van der Waals surface area contributed by atoms with Crippen LogP contribution >= 0.6 is 11.6 Å². The van der Waals surface area contributed by atoms with Crippen LogP contribution in [0.25, 0.3) is 0 Å². The molecule has 2 heterocycles. The van der Waals surface area contributed by atoms with Gasteiger partial charge in [-0.2, -0.15) is 8.78 Å². The van der Waals surface area contributed by atoms with Gasteiger partial charge in [-0.1, -0.05) is 49.7 Å². The monoisotopic (exact) mass is 586 g/mol. The zero-order valence-corrected chi connectivity index (χ0v) is 23.6. The maximum absolute atomic E-state index is 14.1. The lowest BCUT2D eigenvalue weighted by molar-refractivity contribution is -0.122. The topological polar surface area (TPSA) is 110 Å². The van der Waals surface area contributed by atoms with E-state index in [1.807, 2.05) is 38.1 Å². The summed E-state index contributed by atoms with van der Waals surface area (Å²) in [5.74, 6) is -1.74. The number of nitrogens with one attached hydrogen (secondary N) is 2. The second kappa shape index (κ2) is 12.1. The number of hydrogen-bond donors (Lipinski definition) is 2. The fraction of sp³-hybridized carbons (Fsp3) is 0.310. The van der Waals surface area contributed by atoms with Crippen LogP contribution in [-0.4, -0.2) is 56.6 Å². The first-order valence-corrected chi connectivity index (χ1v) is 13.1. The van der Waals surface area contributed by atoms with Gasteiger partial charge in [-0.3, -0.25) is 9.59 Å². The standard InChI is InChI=1S/C29H29ClF2N4O5/c1-16(2)18-7-5-6-8-20(18)29(27(39)35-21-13-34-24(30)12-19(21)25(37)33-3)14-36(15-29)22-10-9-17(26(38)40-4)11-23(22)41-28(31)32/h5-13,16,28H,14-15H2,1-4H3,(H,33,37)(H,35,39). The normalized spacial score (nSPS) is 13.9. The third-order valence-electron chi connectivity index (χ3n) is 6.98. The van der Waals surface area contributed by atoms with Crippen molar-refractivity contribution in [3.05, 3.63) is 82.1 Å². The zero-order valence-electron chi connectivity index (χ0n) is 22.8. The Labute approximate surface area is 240 Å². The van der Waals surface area contributed by atoms with E-state index < -0.39 is 29.8 Å². The van der Waals surface area contributed by atoms with Gasteiger partial charge in [0.1, 0.15) is 16.3 Å². The molecule has 2 amide bonds. The number of carbonyl (C=O) groups is 3. The Morgan fingerprint density at radius 3 is 2.44 bits per heavy atom. The van der Waals surface area contributed by atoms with E-state index in [-0.39, 0.29) is 52.4 Å². The third kappa shape index (κ3) is 5.95. The van der Waals surface area contributed by atoms with Crippen LogP contribution in [0.15, 0.2) is 54.7 Å². The lowest BCUT2D eigenvalue weighted by Crippen LogP contribution is -2.65. The predicted octanol–water partition coefficient (Wildman–Crippen LogP) is 5.00. The highest BCUT2D eigenvalue weighted by Gasteiger charge is 2.52. The summed E-state index contributed by atoms with van der Waals surface area (Å²) in [6.45, 7) is 1.06. The van der Waals surface area contributed by atoms with E-state index >= 15 is 0 Å². The van der Waals surface area contributed by atoms with Crippen LogP contribution in [0, 0.1) is 0 Å². The summed E-state index contributed by atoms with van der Waals surface area (Å²) in [4.78, 5) is 44.4. The Kier molecular flexibility index (Phi) is 8.77. The molecule has 0 unspecified atom stereocenters. The van der Waals surface area contributed by atoms with E-state index in [1.54, 1.807) is 4.90 Å². The van der Waals surface area contributed by atoms with Crippen molar-refractivity contribution < 1.29 is 32.6 Å². The van der Waals surface area contributed by atoms with Crippen LogP contribution < -0.4 is 20.3 Å². The minimum absolute atomic E-state index is 0.0403. The second-order valence-electron chi connectivity index (χ2n) is 9.82. The molecule has 2 aromatic carbocycles. The van der Waals surface area contributed by atoms with Crippen LogP contribution in [0.4, 0.5) is 20.2 Å². The summed E-state index contributed by atoms with van der Waals surface area (Å²) in [7, 11) is 2.64. The molecule has 41 heavy (non-hydrogen) atoms. The van der Waals surface area contributed by atoms with Gasteiger partial charge in [0.05, 0.1) is 35.8 Å². The Morgan fingerprint density at radius 1 is 1.10 bits per heavy atom. The number of nitrogens with zero attached hydrogens (tertiary/aromatic N) is 2. The maximum Gasteiger partial charge on any atom is 0.387 e. The van der Waals surface area contributed by atoms with Crippen molar-refractivity contribution in [3.63, 3.8) is 0 Å². The number of alkyl halides is 2. The molecule has 4 rings (SSSR count). The van der Waals surface area contributed by atoms with E-state index in [0.717, 1.165) is 11.1 Å². The highest BCUT2D eigenvalue weighted by Crippen LogP contribution is 2.45. The van der Waals surface area contributed by atoms with Gasteiger partial charge in [-0.05, 0) is 41.3 Å². The number of halogens is 3. The molecule has 0 aliphatic carbocycles. The molecule has 216 valence electrons. The molecule has 12 heteroatoms. The first-order chi connectivity index (χ1) is 19.5. The Hall–Kier alpha value is -4.25. The Bertz CT molecular complexity index is 1480. The summed E-state index contributed by atoms with van der Waals surface area (Å²) >= 11 is 6.01. The molecular formula is C29H29ClF2N4O5. The molecule has 3 aromatic rings. The van der Waals surface area contributed by atoms with Crippen LogP contribution in [0.5, 0.6) is 5.75 Å². The summed E-state index contributed by atoms with van der Waals surface area (Å²) in [6, 6.07) is 13.0. The number of ether oxygens (including phenoxy) is 2. The van der Waals surface area contributed by atoms with E-state index in [9.17, 15) is 23.2 Å². The van der Waals surface area contributed by atoms with Crippen molar-refractivity contribution in [2.24, 2.45) is 0 Å². The smallest absolute Gasteiger partial charge is 0.387 e. The van der Waals surface area contributed by atoms with Gasteiger partial charge in [0.25, 0.3) is 5.91 Å². The second-order valence-corrected chi connectivity index (χ2v) is 10.2. The minimum atomic E-state index is -3.14. The van der Waals surface area contributed by atoms with E-state index in [2.05, 4.69) is 15.6 Å². The van der Waals surface area contributed by atoms with Crippen LogP contribution in [0.3, 0.4) is 0 Å². The molecule has 1 aliphatic heterocycles. The van der Waals surface area contributed by atoms with E-state index in [4.69, 9.17) is 21.1 Å². The Balaban J connectivity index is 1.76. The molecule has 9 nitrogen and oxygen atoms in total. The fourth-order valence-corrected chi connectivity index (χ4v) is 5.11. The van der Waals surface area contributed by atoms with Gasteiger partial charge in [0.2, 0.25) is 5.91 Å². The van der Waals surface area contributed by atoms with Gasteiger partial charge < -0.3 is 25.0 Å². The fourth-order valence-electron chi connectivity index (χ4n) is 4.95. The van der Waals surface area contributed by atoms with Crippen molar-refractivity contribution >= 4 is 40.8 Å². The van der Waals surface area contributed by atoms with Crippen LogP contribution in [0.2, 0.25) is 5.15 Å². The molecular weight excluding hydrogens is 558 g/mol. The molecule has 0 saturated carbocycles. The first-order valence-electron chi connectivity index (χ1n) is 12.7. The molecule has 1 aromatic heterocycles. The summed E-state index contributed by atoms with van der Waals surface area (Å²) in [6.07, 6.45) is 1.31. The van der Waals surface area contributed by atoms with Crippen LogP contribution in [-0.2, 0) is 14.9 Å². The van der Waals surface area contributed by atoms with Crippen molar-refractivity contribution in [1.29, 1.82) is 0 Å². The Morgan fingerprint density at radius 2 is 1.80 bits per heavy atom. The highest BCUT2D eigenvalue weighted by molar-refractivity contribution is 6.30. The van der Waals surface area contributed by atoms with E-state index in [1.165, 1.54) is 44.6 Å². The number of anilines is 2. The lowest BCUT2D eigenvalue weighted by atomic mass is 9.69. The predicted molar refractivity (Wildman–Crippen MR) is 150 cm³/mol. The molecule has 0 radical (unpaired) electrons. The summed E-state index contributed by atoms with van der Waals surface area (Å²) in [5, 5.41) is 5.45. The quantitative estimate of drug-likeness (QED) is 0.268. The minimum Gasteiger partial charge on any atom is -0.465 e. The molecule has 0 bridgehead atoms. The summed E-state index contributed by atoms with van der Waals surface area (Å²) in [5.41, 5.74) is 1.19. The van der Waals surface area contributed by atoms with Gasteiger partial charge in [-0.15, -0.1) is 0 Å². The van der Waals surface area contributed by atoms with Crippen molar-refractivity contribution in [1.82, 2.24) is 10.3 Å². The molecule has 0 spiro atoms. The van der Waals surface area contributed by atoms with Gasteiger partial charge >= 0.3 is 12.6 Å². The average molecular weight is 587 g/mol. The average Bonchev–Trinajstić information content (AvgIpc) is 2.93. The number of hydrogen-bond acceptors (Lipinski definition) is 7. The number of esters is 1. The molecule has 1 aliphatic rings. The van der Waals surface area contributed by atoms with E-state index in [0.29, 0.717) is 0 Å². The number of carbonyl (C=O) groups excluding carboxylic acids is 3. The number of methoxy groups -OCH3 is 1. The number of pyridine rings is 1. The molecule has 2 N–H and O–H groups in total. The third-order valence-corrected chi connectivity index (χ3v) is 7.19.